The van der Waals surface area contributed by atoms with Crippen molar-refractivity contribution in [3.8, 4) is 0 Å². The summed E-state index contributed by atoms with van der Waals surface area (Å²) in [5.74, 6) is -0.0718. The number of allylic oxidation sites excluding steroid dienone is 1. The molecule has 0 saturated heterocycles. The predicted molar refractivity (Wildman–Crippen MR) is 118 cm³/mol. The fourth-order valence-corrected chi connectivity index (χ4v) is 3.73. The lowest BCUT2D eigenvalue weighted by atomic mass is 9.99. The number of carbonyl (C=O) groups excluding carboxylic acids is 1. The fraction of sp³-hybridized carbons (Fsp3) is 0.375. The minimum atomic E-state index is -4.46. The molecule has 1 N–H and O–H groups in total. The Kier molecular flexibility index (Phi) is 8.18. The molecule has 0 atom stereocenters. The van der Waals surface area contributed by atoms with E-state index in [1.54, 1.807) is 12.3 Å². The average Bonchev–Trinajstić information content (AvgIpc) is 2.72. The summed E-state index contributed by atoms with van der Waals surface area (Å²) in [4.78, 5) is 14.1. The molecule has 6 heteroatoms. The highest BCUT2D eigenvalue weighted by molar-refractivity contribution is 8.00. The molecule has 0 aromatic heterocycles. The van der Waals surface area contributed by atoms with Crippen LogP contribution in [-0.4, -0.2) is 17.1 Å². The van der Waals surface area contributed by atoms with Gasteiger partial charge in [0.1, 0.15) is 0 Å². The summed E-state index contributed by atoms with van der Waals surface area (Å²) in [7, 11) is 0. The Morgan fingerprint density at radius 3 is 2.40 bits per heavy atom. The smallest absolute Gasteiger partial charge is 0.385 e. The number of rotatable bonds is 9. The molecule has 30 heavy (non-hydrogen) atoms. The summed E-state index contributed by atoms with van der Waals surface area (Å²) in [6.07, 6.45) is -1.26. The van der Waals surface area contributed by atoms with Crippen LogP contribution in [0.1, 0.15) is 50.8 Å². The van der Waals surface area contributed by atoms with Crippen molar-refractivity contribution in [3.63, 3.8) is 0 Å². The Hall–Kier alpha value is -2.21. The van der Waals surface area contributed by atoms with Gasteiger partial charge in [-0.2, -0.15) is 13.2 Å². The van der Waals surface area contributed by atoms with E-state index in [4.69, 9.17) is 0 Å². The molecule has 2 aromatic carbocycles. The molecule has 0 saturated carbocycles. The van der Waals surface area contributed by atoms with Gasteiger partial charge in [0.15, 0.2) is 5.78 Å². The largest absolute Gasteiger partial charge is 0.416 e. The van der Waals surface area contributed by atoms with E-state index in [1.807, 2.05) is 52.0 Å². The van der Waals surface area contributed by atoms with Gasteiger partial charge in [-0.25, -0.2) is 0 Å². The average molecular weight is 436 g/mol. The standard InChI is InChI=1S/C24H28F3NOS/c1-5-17-10-7-8-13-22(17)30-16-21(29)20(15-28-23(3,4)6-2)18-11-9-12-19(14-18)24(25,26)27/h7-15,28H,5-6,16H2,1-4H3. The van der Waals surface area contributed by atoms with Gasteiger partial charge >= 0.3 is 6.18 Å². The summed E-state index contributed by atoms with van der Waals surface area (Å²) >= 11 is 1.41. The van der Waals surface area contributed by atoms with Crippen LogP contribution in [0.3, 0.4) is 0 Å². The van der Waals surface area contributed by atoms with E-state index >= 15 is 0 Å². The molecule has 0 bridgehead atoms. The van der Waals surface area contributed by atoms with Crippen molar-refractivity contribution in [2.75, 3.05) is 5.75 Å². The molecule has 0 aliphatic heterocycles. The van der Waals surface area contributed by atoms with E-state index in [0.717, 1.165) is 35.4 Å². The summed E-state index contributed by atoms with van der Waals surface area (Å²) in [5.41, 5.74) is 0.611. The zero-order chi connectivity index (χ0) is 22.4. The molecule has 0 heterocycles. The van der Waals surface area contributed by atoms with E-state index in [2.05, 4.69) is 5.32 Å². The van der Waals surface area contributed by atoms with Crippen molar-refractivity contribution in [1.82, 2.24) is 5.32 Å². The van der Waals surface area contributed by atoms with Crippen LogP contribution in [0.5, 0.6) is 0 Å². The predicted octanol–water partition coefficient (Wildman–Crippen LogP) is 6.75. The van der Waals surface area contributed by atoms with Gasteiger partial charge in [0.2, 0.25) is 0 Å². The zero-order valence-electron chi connectivity index (χ0n) is 17.8. The van der Waals surface area contributed by atoms with Crippen molar-refractivity contribution in [3.05, 3.63) is 71.4 Å². The lowest BCUT2D eigenvalue weighted by Gasteiger charge is -2.24. The van der Waals surface area contributed by atoms with E-state index in [9.17, 15) is 18.0 Å². The zero-order valence-corrected chi connectivity index (χ0v) is 18.6. The molecule has 0 aliphatic carbocycles. The number of nitrogens with one attached hydrogen (secondary N) is 1. The second-order valence-electron chi connectivity index (χ2n) is 7.69. The van der Waals surface area contributed by atoms with Gasteiger partial charge in [0, 0.05) is 22.2 Å². The Labute approximate surface area is 181 Å². The molecule has 0 radical (unpaired) electrons. The maximum Gasteiger partial charge on any atom is 0.416 e. The molecule has 0 spiro atoms. The maximum absolute atomic E-state index is 13.2. The van der Waals surface area contributed by atoms with Gasteiger partial charge in [-0.1, -0.05) is 44.2 Å². The van der Waals surface area contributed by atoms with Gasteiger partial charge in [-0.15, -0.1) is 11.8 Å². The van der Waals surface area contributed by atoms with Crippen molar-refractivity contribution < 1.29 is 18.0 Å². The SMILES string of the molecule is CCc1ccccc1SCC(=O)C(=CNC(C)(C)CC)c1cccc(C(F)(F)F)c1. The molecular formula is C24H28F3NOS. The second kappa shape index (κ2) is 10.2. The number of alkyl halides is 3. The molecule has 0 fully saturated rings. The normalized spacial score (nSPS) is 12.7. The number of aryl methyl sites for hydroxylation is 1. The van der Waals surface area contributed by atoms with Crippen molar-refractivity contribution >= 4 is 23.1 Å². The number of carbonyl (C=O) groups is 1. The molecule has 162 valence electrons. The van der Waals surface area contributed by atoms with Crippen molar-refractivity contribution in [1.29, 1.82) is 0 Å². The lowest BCUT2D eigenvalue weighted by Crippen LogP contribution is -2.35. The van der Waals surface area contributed by atoms with E-state index in [1.165, 1.54) is 17.8 Å². The van der Waals surface area contributed by atoms with Crippen LogP contribution in [0.2, 0.25) is 0 Å². The minimum Gasteiger partial charge on any atom is -0.385 e. The number of hydrogen-bond acceptors (Lipinski definition) is 3. The quantitative estimate of drug-likeness (QED) is 0.349. The third-order valence-electron chi connectivity index (χ3n) is 5.00. The first kappa shape index (κ1) is 24.1. The molecule has 0 unspecified atom stereocenters. The number of benzene rings is 2. The van der Waals surface area contributed by atoms with Crippen molar-refractivity contribution in [2.45, 2.75) is 57.1 Å². The Morgan fingerprint density at radius 1 is 1.07 bits per heavy atom. The topological polar surface area (TPSA) is 29.1 Å². The Bertz CT molecular complexity index is 903. The number of halogens is 3. The highest BCUT2D eigenvalue weighted by Gasteiger charge is 2.31. The van der Waals surface area contributed by atoms with Crippen molar-refractivity contribution in [2.24, 2.45) is 0 Å². The van der Waals surface area contributed by atoms with Gasteiger partial charge in [-0.3, -0.25) is 4.79 Å². The number of Topliss-reactive ketones (excluding diaryl/α,β-unsaturated/α-hetero) is 1. The van der Waals surface area contributed by atoms with Crippen LogP contribution in [-0.2, 0) is 17.4 Å². The third kappa shape index (κ3) is 6.66. The Balaban J connectivity index is 2.34. The summed E-state index contributed by atoms with van der Waals surface area (Å²) in [6, 6.07) is 12.8. The second-order valence-corrected chi connectivity index (χ2v) is 8.71. The molecule has 2 rings (SSSR count). The van der Waals surface area contributed by atoms with E-state index in [0.29, 0.717) is 0 Å². The molecule has 0 amide bonds. The third-order valence-corrected chi connectivity index (χ3v) is 6.12. The van der Waals surface area contributed by atoms with Crippen LogP contribution in [0.4, 0.5) is 13.2 Å². The summed E-state index contributed by atoms with van der Waals surface area (Å²) in [5, 5.41) is 3.19. The first-order valence-electron chi connectivity index (χ1n) is 9.96. The molecule has 2 aromatic rings. The van der Waals surface area contributed by atoms with E-state index in [-0.39, 0.29) is 28.2 Å². The van der Waals surface area contributed by atoms with Crippen LogP contribution >= 0.6 is 11.8 Å². The fourth-order valence-electron chi connectivity index (χ4n) is 2.72. The number of hydrogen-bond donors (Lipinski definition) is 1. The van der Waals surface area contributed by atoms with Gasteiger partial charge in [0.25, 0.3) is 0 Å². The first-order valence-corrected chi connectivity index (χ1v) is 11.0. The van der Waals surface area contributed by atoms with Gasteiger partial charge in [0.05, 0.1) is 11.3 Å². The summed E-state index contributed by atoms with van der Waals surface area (Å²) < 4.78 is 39.6. The molecule has 2 nitrogen and oxygen atoms in total. The minimum absolute atomic E-state index is 0.146. The molecular weight excluding hydrogens is 407 g/mol. The molecule has 0 aliphatic rings. The Morgan fingerprint density at radius 2 is 1.77 bits per heavy atom. The van der Waals surface area contributed by atoms with Gasteiger partial charge < -0.3 is 5.32 Å². The highest BCUT2D eigenvalue weighted by Crippen LogP contribution is 2.32. The monoisotopic (exact) mass is 435 g/mol. The number of thioether (sulfide) groups is 1. The van der Waals surface area contributed by atoms with Gasteiger partial charge in [-0.05, 0) is 56.0 Å². The lowest BCUT2D eigenvalue weighted by molar-refractivity contribution is -0.137. The van der Waals surface area contributed by atoms with Crippen LogP contribution in [0.25, 0.3) is 5.57 Å². The van der Waals surface area contributed by atoms with E-state index < -0.39 is 11.7 Å². The first-order chi connectivity index (χ1) is 14.1. The maximum atomic E-state index is 13.2. The van der Waals surface area contributed by atoms with Crippen LogP contribution in [0, 0.1) is 0 Å². The summed E-state index contributed by atoms with van der Waals surface area (Å²) in [6.45, 7) is 8.00. The highest BCUT2D eigenvalue weighted by atomic mass is 32.2. The van der Waals surface area contributed by atoms with Crippen LogP contribution in [0.15, 0.2) is 59.6 Å². The van der Waals surface area contributed by atoms with Crippen LogP contribution < -0.4 is 5.32 Å². The number of ketones is 1.